The average molecular weight is 191 g/mol. The Morgan fingerprint density at radius 1 is 1.29 bits per heavy atom. The molecule has 3 N–H and O–H groups in total. The van der Waals surface area contributed by atoms with Gasteiger partial charge in [0.2, 0.25) is 0 Å². The van der Waals surface area contributed by atoms with Gasteiger partial charge in [-0.1, -0.05) is 24.3 Å². The first kappa shape index (κ1) is 9.69. The number of aliphatic hydroxyl groups is 1. The van der Waals surface area contributed by atoms with Gasteiger partial charge in [0, 0.05) is 6.04 Å². The van der Waals surface area contributed by atoms with E-state index in [-0.39, 0.29) is 6.61 Å². The number of nitrogens with two attached hydrogens (primary N) is 1. The van der Waals surface area contributed by atoms with Gasteiger partial charge in [0.05, 0.1) is 6.61 Å². The van der Waals surface area contributed by atoms with E-state index in [2.05, 4.69) is 6.07 Å². The number of hydrogen-bond donors (Lipinski definition) is 2. The summed E-state index contributed by atoms with van der Waals surface area (Å²) >= 11 is 0. The zero-order valence-corrected chi connectivity index (χ0v) is 8.32. The van der Waals surface area contributed by atoms with Crippen molar-refractivity contribution in [3.8, 4) is 0 Å². The zero-order chi connectivity index (χ0) is 9.97. The highest BCUT2D eigenvalue weighted by Crippen LogP contribution is 2.35. The molecule has 76 valence electrons. The van der Waals surface area contributed by atoms with Crippen molar-refractivity contribution in [1.29, 1.82) is 0 Å². The first-order chi connectivity index (χ1) is 6.81. The van der Waals surface area contributed by atoms with Crippen molar-refractivity contribution in [3.05, 3.63) is 35.4 Å². The summed E-state index contributed by atoms with van der Waals surface area (Å²) < 4.78 is 0. The van der Waals surface area contributed by atoms with Crippen molar-refractivity contribution in [3.63, 3.8) is 0 Å². The highest BCUT2D eigenvalue weighted by molar-refractivity contribution is 5.30. The number of rotatable bonds is 2. The number of aliphatic hydroxyl groups excluding tert-OH is 1. The van der Waals surface area contributed by atoms with E-state index in [4.69, 9.17) is 5.73 Å². The monoisotopic (exact) mass is 191 g/mol. The van der Waals surface area contributed by atoms with E-state index in [9.17, 15) is 5.11 Å². The maximum atomic E-state index is 9.21. The molecule has 1 aromatic rings. The summed E-state index contributed by atoms with van der Waals surface area (Å²) in [4.78, 5) is 0. The van der Waals surface area contributed by atoms with Crippen LogP contribution in [0.1, 0.15) is 36.3 Å². The lowest BCUT2D eigenvalue weighted by Gasteiger charge is -2.13. The summed E-state index contributed by atoms with van der Waals surface area (Å²) in [5.74, 6) is 0.563. The van der Waals surface area contributed by atoms with Crippen molar-refractivity contribution in [2.45, 2.75) is 37.8 Å². The molecule has 1 fully saturated rings. The molecule has 1 aliphatic carbocycles. The molecule has 2 atom stereocenters. The minimum Gasteiger partial charge on any atom is -0.392 e. The third-order valence-electron chi connectivity index (χ3n) is 3.14. The number of benzene rings is 1. The van der Waals surface area contributed by atoms with Crippen molar-refractivity contribution in [1.82, 2.24) is 0 Å². The molecular weight excluding hydrogens is 174 g/mol. The highest BCUT2D eigenvalue weighted by Gasteiger charge is 2.24. The Labute approximate surface area is 84.7 Å². The maximum absolute atomic E-state index is 9.21. The molecule has 14 heavy (non-hydrogen) atoms. The van der Waals surface area contributed by atoms with Crippen LogP contribution >= 0.6 is 0 Å². The number of hydrogen-bond acceptors (Lipinski definition) is 2. The largest absolute Gasteiger partial charge is 0.392 e. The third kappa shape index (κ3) is 1.81. The molecule has 0 aliphatic heterocycles. The molecular formula is C12H17NO. The van der Waals surface area contributed by atoms with E-state index in [1.54, 1.807) is 0 Å². The maximum Gasteiger partial charge on any atom is 0.0684 e. The minimum absolute atomic E-state index is 0.141. The van der Waals surface area contributed by atoms with Crippen molar-refractivity contribution in [2.75, 3.05) is 0 Å². The van der Waals surface area contributed by atoms with Gasteiger partial charge in [0.15, 0.2) is 0 Å². The molecule has 0 aromatic heterocycles. The summed E-state index contributed by atoms with van der Waals surface area (Å²) in [6.07, 6.45) is 3.35. The van der Waals surface area contributed by atoms with Gasteiger partial charge in [-0.05, 0) is 36.3 Å². The van der Waals surface area contributed by atoms with E-state index in [0.29, 0.717) is 12.0 Å². The van der Waals surface area contributed by atoms with Gasteiger partial charge in [-0.15, -0.1) is 0 Å². The smallest absolute Gasteiger partial charge is 0.0684 e. The lowest BCUT2D eigenvalue weighted by atomic mass is 9.93. The van der Waals surface area contributed by atoms with Crippen LogP contribution in [0.5, 0.6) is 0 Å². The molecule has 2 heteroatoms. The standard InChI is InChI=1S/C12H17NO/c13-11-6-5-9(7-11)12-4-2-1-3-10(12)8-14/h1-4,9,11,14H,5-8,13H2/t9-,11+/m0/s1. The van der Waals surface area contributed by atoms with Crippen LogP contribution in [0.3, 0.4) is 0 Å². The molecule has 0 amide bonds. The van der Waals surface area contributed by atoms with E-state index in [1.165, 1.54) is 5.56 Å². The predicted octanol–water partition coefficient (Wildman–Crippen LogP) is 1.77. The van der Waals surface area contributed by atoms with Crippen LogP contribution < -0.4 is 5.73 Å². The molecule has 0 heterocycles. The second kappa shape index (κ2) is 4.11. The topological polar surface area (TPSA) is 46.2 Å². The third-order valence-corrected chi connectivity index (χ3v) is 3.14. The zero-order valence-electron chi connectivity index (χ0n) is 8.32. The van der Waals surface area contributed by atoms with Gasteiger partial charge in [0.1, 0.15) is 0 Å². The van der Waals surface area contributed by atoms with Crippen LogP contribution in [-0.4, -0.2) is 11.1 Å². The van der Waals surface area contributed by atoms with Crippen LogP contribution in [-0.2, 0) is 6.61 Å². The molecule has 2 rings (SSSR count). The summed E-state index contributed by atoms with van der Waals surface area (Å²) in [5.41, 5.74) is 8.25. The molecule has 0 unspecified atom stereocenters. The Kier molecular flexibility index (Phi) is 2.85. The molecule has 0 saturated heterocycles. The quantitative estimate of drug-likeness (QED) is 0.748. The fourth-order valence-corrected chi connectivity index (χ4v) is 2.38. The molecule has 0 radical (unpaired) electrons. The molecule has 1 aromatic carbocycles. The average Bonchev–Trinajstić information content (AvgIpc) is 2.65. The van der Waals surface area contributed by atoms with Crippen LogP contribution in [0.15, 0.2) is 24.3 Å². The Morgan fingerprint density at radius 2 is 2.07 bits per heavy atom. The van der Waals surface area contributed by atoms with E-state index >= 15 is 0 Å². The van der Waals surface area contributed by atoms with Crippen LogP contribution in [0, 0.1) is 0 Å². The van der Waals surface area contributed by atoms with Crippen LogP contribution in [0.4, 0.5) is 0 Å². The van der Waals surface area contributed by atoms with Crippen molar-refractivity contribution in [2.24, 2.45) is 5.73 Å². The van der Waals surface area contributed by atoms with Gasteiger partial charge in [0.25, 0.3) is 0 Å². The Hall–Kier alpha value is -0.860. The predicted molar refractivity (Wildman–Crippen MR) is 56.9 cm³/mol. The second-order valence-electron chi connectivity index (χ2n) is 4.13. The molecule has 0 bridgehead atoms. The first-order valence-electron chi connectivity index (χ1n) is 5.25. The lowest BCUT2D eigenvalue weighted by molar-refractivity contribution is 0.280. The summed E-state index contributed by atoms with van der Waals surface area (Å²) in [6, 6.07) is 8.49. The first-order valence-corrected chi connectivity index (χ1v) is 5.25. The Balaban J connectivity index is 2.22. The molecule has 0 spiro atoms. The van der Waals surface area contributed by atoms with Crippen LogP contribution in [0.2, 0.25) is 0 Å². The molecule has 2 nitrogen and oxygen atoms in total. The van der Waals surface area contributed by atoms with Gasteiger partial charge in [-0.3, -0.25) is 0 Å². The summed E-state index contributed by atoms with van der Waals surface area (Å²) in [6.45, 7) is 0.141. The van der Waals surface area contributed by atoms with Gasteiger partial charge in [-0.25, -0.2) is 0 Å². The fraction of sp³-hybridized carbons (Fsp3) is 0.500. The normalized spacial score (nSPS) is 26.7. The SMILES string of the molecule is N[C@@H]1CC[C@H](c2ccccc2CO)C1. The summed E-state index contributed by atoms with van der Waals surface area (Å²) in [7, 11) is 0. The summed E-state index contributed by atoms with van der Waals surface area (Å²) in [5, 5.41) is 9.21. The Morgan fingerprint density at radius 3 is 2.71 bits per heavy atom. The van der Waals surface area contributed by atoms with Gasteiger partial charge in [-0.2, -0.15) is 0 Å². The van der Waals surface area contributed by atoms with Crippen LogP contribution in [0.25, 0.3) is 0 Å². The fourth-order valence-electron chi connectivity index (χ4n) is 2.38. The molecule has 1 aliphatic rings. The van der Waals surface area contributed by atoms with Crippen molar-refractivity contribution >= 4 is 0 Å². The minimum atomic E-state index is 0.141. The Bertz CT molecular complexity index is 311. The van der Waals surface area contributed by atoms with E-state index < -0.39 is 0 Å². The molecule has 1 saturated carbocycles. The van der Waals surface area contributed by atoms with Crippen molar-refractivity contribution < 1.29 is 5.11 Å². The van der Waals surface area contributed by atoms with Gasteiger partial charge >= 0.3 is 0 Å². The second-order valence-corrected chi connectivity index (χ2v) is 4.13. The van der Waals surface area contributed by atoms with Gasteiger partial charge < -0.3 is 10.8 Å². The lowest BCUT2D eigenvalue weighted by Crippen LogP contribution is -2.14. The van der Waals surface area contributed by atoms with E-state index in [1.807, 2.05) is 18.2 Å². The highest BCUT2D eigenvalue weighted by atomic mass is 16.3. The van der Waals surface area contributed by atoms with E-state index in [0.717, 1.165) is 24.8 Å².